The molecule has 8 heteroatoms. The van der Waals surface area contributed by atoms with E-state index in [4.69, 9.17) is 18.6 Å². The summed E-state index contributed by atoms with van der Waals surface area (Å²) in [5, 5.41) is 0. The van der Waals surface area contributed by atoms with Crippen molar-refractivity contribution in [1.82, 2.24) is 4.90 Å². The quantitative estimate of drug-likeness (QED) is 0.364. The Kier molecular flexibility index (Phi) is 7.99. The molecule has 38 heavy (non-hydrogen) atoms. The summed E-state index contributed by atoms with van der Waals surface area (Å²) < 4.78 is 22.2. The molecule has 4 rings (SSSR count). The molecule has 3 aromatic rings. The number of nitrogens with zero attached hydrogens (tertiary/aromatic N) is 2. The van der Waals surface area contributed by atoms with Crippen molar-refractivity contribution in [1.29, 1.82) is 0 Å². The molecular weight excluding hydrogens is 484 g/mol. The number of hydrogen-bond acceptors (Lipinski definition) is 6. The van der Waals surface area contributed by atoms with Gasteiger partial charge < -0.3 is 23.5 Å². The molecule has 0 aliphatic carbocycles. The largest absolute Gasteiger partial charge is 0.493 e. The van der Waals surface area contributed by atoms with Crippen LogP contribution in [0.2, 0.25) is 0 Å². The van der Waals surface area contributed by atoms with Gasteiger partial charge >= 0.3 is 0 Å². The lowest BCUT2D eigenvalue weighted by Gasteiger charge is -2.31. The van der Waals surface area contributed by atoms with Gasteiger partial charge in [0.05, 0.1) is 26.5 Å². The summed E-state index contributed by atoms with van der Waals surface area (Å²) in [5.74, 6) is 2.37. The third-order valence-electron chi connectivity index (χ3n) is 7.28. The van der Waals surface area contributed by atoms with Crippen LogP contribution in [0.25, 0.3) is 0 Å². The number of anilines is 1. The van der Waals surface area contributed by atoms with Gasteiger partial charge in [-0.1, -0.05) is 32.9 Å². The lowest BCUT2D eigenvalue weighted by atomic mass is 9.82. The number of likely N-dealkylation sites (N-methyl/N-ethyl adjacent to an activating group) is 1. The van der Waals surface area contributed by atoms with Crippen LogP contribution < -0.4 is 19.1 Å². The molecule has 0 saturated carbocycles. The van der Waals surface area contributed by atoms with E-state index in [0.717, 1.165) is 23.2 Å². The van der Waals surface area contributed by atoms with Crippen LogP contribution in [0, 0.1) is 0 Å². The maximum Gasteiger partial charge on any atom is 0.289 e. The fraction of sp³-hybridized carbons (Fsp3) is 0.400. The van der Waals surface area contributed by atoms with E-state index in [1.807, 2.05) is 30.3 Å². The Hall–Kier alpha value is -3.94. The van der Waals surface area contributed by atoms with E-state index >= 15 is 0 Å². The smallest absolute Gasteiger partial charge is 0.289 e. The molecule has 2 aromatic carbocycles. The van der Waals surface area contributed by atoms with E-state index in [9.17, 15) is 9.59 Å². The molecule has 0 saturated heterocycles. The van der Waals surface area contributed by atoms with Crippen LogP contribution in [0.15, 0.2) is 52.9 Å². The molecular formula is C30H36N2O6. The first-order valence-electron chi connectivity index (χ1n) is 12.8. The summed E-state index contributed by atoms with van der Waals surface area (Å²) in [7, 11) is 4.93. The molecule has 0 bridgehead atoms. The molecule has 202 valence electrons. The molecule has 2 amide bonds. The second kappa shape index (κ2) is 11.2. The zero-order valence-electron chi connectivity index (χ0n) is 23.0. The van der Waals surface area contributed by atoms with Crippen LogP contribution in [-0.4, -0.2) is 51.1 Å². The first-order valence-corrected chi connectivity index (χ1v) is 12.8. The number of hydrogen-bond donors (Lipinski definition) is 0. The van der Waals surface area contributed by atoms with Gasteiger partial charge in [0.15, 0.2) is 23.9 Å². The van der Waals surface area contributed by atoms with Crippen molar-refractivity contribution in [2.24, 2.45) is 0 Å². The fourth-order valence-electron chi connectivity index (χ4n) is 4.36. The molecule has 8 nitrogen and oxygen atoms in total. The monoisotopic (exact) mass is 520 g/mol. The molecule has 0 unspecified atom stereocenters. The van der Waals surface area contributed by atoms with Crippen LogP contribution >= 0.6 is 0 Å². The van der Waals surface area contributed by atoms with Gasteiger partial charge in [-0.05, 0) is 65.8 Å². The van der Waals surface area contributed by atoms with Crippen LogP contribution in [0.3, 0.4) is 0 Å². The normalized spacial score (nSPS) is 13.1. The molecule has 0 N–H and O–H groups in total. The number of benzene rings is 2. The van der Waals surface area contributed by atoms with Crippen molar-refractivity contribution >= 4 is 17.5 Å². The highest BCUT2D eigenvalue weighted by Gasteiger charge is 2.29. The van der Waals surface area contributed by atoms with Gasteiger partial charge in [-0.25, -0.2) is 0 Å². The minimum Gasteiger partial charge on any atom is -0.493 e. The number of methoxy groups -OCH3 is 2. The number of furan rings is 1. The average Bonchev–Trinajstić information content (AvgIpc) is 3.40. The number of amides is 2. The lowest BCUT2D eigenvalue weighted by molar-refractivity contribution is -0.121. The van der Waals surface area contributed by atoms with Crippen molar-refractivity contribution in [2.75, 3.05) is 39.3 Å². The topological polar surface area (TPSA) is 81.5 Å². The second-order valence-electron chi connectivity index (χ2n) is 10.1. The first-order chi connectivity index (χ1) is 18.2. The number of rotatable bonds is 10. The summed E-state index contributed by atoms with van der Waals surface area (Å²) in [6, 6.07) is 15.1. The van der Waals surface area contributed by atoms with Crippen molar-refractivity contribution in [3.05, 3.63) is 71.2 Å². The van der Waals surface area contributed by atoms with E-state index in [0.29, 0.717) is 36.0 Å². The van der Waals surface area contributed by atoms with E-state index in [1.165, 1.54) is 0 Å². The van der Waals surface area contributed by atoms with Gasteiger partial charge in [-0.2, -0.15) is 0 Å². The van der Waals surface area contributed by atoms with Crippen molar-refractivity contribution in [3.63, 3.8) is 0 Å². The van der Waals surface area contributed by atoms with Gasteiger partial charge in [0, 0.05) is 13.6 Å². The van der Waals surface area contributed by atoms with Crippen molar-refractivity contribution in [3.8, 4) is 17.2 Å². The van der Waals surface area contributed by atoms with Gasteiger partial charge in [0.2, 0.25) is 0 Å². The predicted molar refractivity (Wildman–Crippen MR) is 145 cm³/mol. The van der Waals surface area contributed by atoms with Crippen LogP contribution in [0.4, 0.5) is 5.69 Å². The van der Waals surface area contributed by atoms with Crippen molar-refractivity contribution in [2.45, 2.75) is 45.6 Å². The Morgan fingerprint density at radius 1 is 1.05 bits per heavy atom. The van der Waals surface area contributed by atoms with Crippen LogP contribution in [0.1, 0.15) is 54.6 Å². The second-order valence-corrected chi connectivity index (χ2v) is 10.1. The highest BCUT2D eigenvalue weighted by atomic mass is 16.5. The van der Waals surface area contributed by atoms with Crippen LogP contribution in [-0.2, 0) is 23.2 Å². The number of carbonyl (C=O) groups is 2. The van der Waals surface area contributed by atoms with Gasteiger partial charge in [0.1, 0.15) is 11.5 Å². The highest BCUT2D eigenvalue weighted by Crippen LogP contribution is 2.38. The number of ether oxygens (including phenoxy) is 3. The minimum atomic E-state index is -0.225. The fourth-order valence-corrected chi connectivity index (χ4v) is 4.36. The molecule has 0 radical (unpaired) electrons. The Labute approximate surface area is 224 Å². The van der Waals surface area contributed by atoms with Gasteiger partial charge in [-0.15, -0.1) is 0 Å². The molecule has 1 aromatic heterocycles. The number of carbonyl (C=O) groups excluding carboxylic acids is 2. The summed E-state index contributed by atoms with van der Waals surface area (Å²) in [5.41, 5.74) is 2.84. The Morgan fingerprint density at radius 3 is 2.53 bits per heavy atom. The molecule has 2 heterocycles. The molecule has 1 aliphatic heterocycles. The maximum absolute atomic E-state index is 13.0. The maximum atomic E-state index is 13.0. The predicted octanol–water partition coefficient (Wildman–Crippen LogP) is 5.22. The zero-order chi connectivity index (χ0) is 27.4. The summed E-state index contributed by atoms with van der Waals surface area (Å²) >= 11 is 0. The van der Waals surface area contributed by atoms with Gasteiger partial charge in [0.25, 0.3) is 11.8 Å². The molecule has 1 aliphatic rings. The van der Waals surface area contributed by atoms with E-state index < -0.39 is 0 Å². The van der Waals surface area contributed by atoms with Gasteiger partial charge in [-0.3, -0.25) is 14.5 Å². The summed E-state index contributed by atoms with van der Waals surface area (Å²) in [4.78, 5) is 29.1. The molecule has 0 spiro atoms. The minimum absolute atomic E-state index is 0.0328. The molecule has 0 fully saturated rings. The van der Waals surface area contributed by atoms with E-state index in [2.05, 4.69) is 26.8 Å². The van der Waals surface area contributed by atoms with E-state index in [1.54, 1.807) is 43.2 Å². The highest BCUT2D eigenvalue weighted by molar-refractivity contribution is 5.98. The van der Waals surface area contributed by atoms with Crippen LogP contribution in [0.5, 0.6) is 17.2 Å². The van der Waals surface area contributed by atoms with E-state index in [-0.39, 0.29) is 36.1 Å². The summed E-state index contributed by atoms with van der Waals surface area (Å²) in [6.07, 6.45) is 1.61. The third kappa shape index (κ3) is 5.64. The Bertz CT molecular complexity index is 1310. The Balaban J connectivity index is 1.44. The summed E-state index contributed by atoms with van der Waals surface area (Å²) in [6.45, 7) is 7.18. The Morgan fingerprint density at radius 2 is 1.82 bits per heavy atom. The average molecular weight is 521 g/mol. The number of fused-ring (bicyclic) bond motifs is 1. The SMILES string of the molecule is CCC(C)(C)c1ccc2c(c1)N(Cc1ccc(C(=O)N(C)CCc3ccc(OC)c(OC)c3)o1)C(=O)CO2. The zero-order valence-corrected chi connectivity index (χ0v) is 23.0. The van der Waals surface area contributed by atoms with Crippen molar-refractivity contribution < 1.29 is 28.2 Å². The standard InChI is InChI=1S/C30H36N2O6/c1-7-30(2,3)21-9-12-24-23(17-21)32(28(33)19-37-24)18-22-10-13-26(38-22)29(34)31(4)15-14-20-8-11-25(35-5)27(16-20)36-6/h8-13,16-17H,7,14-15,18-19H2,1-6H3. The lowest BCUT2D eigenvalue weighted by Crippen LogP contribution is -2.38. The molecule has 0 atom stereocenters. The first kappa shape index (κ1) is 27.1. The third-order valence-corrected chi connectivity index (χ3v) is 7.28.